The van der Waals surface area contributed by atoms with Crippen molar-refractivity contribution in [1.82, 2.24) is 10.5 Å². The van der Waals surface area contributed by atoms with E-state index in [4.69, 9.17) is 14.6 Å². The second-order valence-electron chi connectivity index (χ2n) is 7.29. The second-order valence-corrected chi connectivity index (χ2v) is 7.29. The number of pyridine rings is 1. The van der Waals surface area contributed by atoms with Crippen molar-refractivity contribution in [3.05, 3.63) is 59.9 Å². The number of nitrogens with one attached hydrogen (secondary N) is 1. The van der Waals surface area contributed by atoms with E-state index in [2.05, 4.69) is 10.5 Å². The van der Waals surface area contributed by atoms with E-state index in [-0.39, 0.29) is 0 Å². The van der Waals surface area contributed by atoms with E-state index in [1.807, 2.05) is 43.3 Å². The van der Waals surface area contributed by atoms with E-state index >= 15 is 0 Å². The van der Waals surface area contributed by atoms with Crippen LogP contribution in [0.5, 0.6) is 5.75 Å². The van der Waals surface area contributed by atoms with Crippen LogP contribution in [0.4, 0.5) is 0 Å². The number of hydrogen-bond acceptors (Lipinski definition) is 6. The topological polar surface area (TPSA) is 76.0 Å². The Labute approximate surface area is 152 Å². The Morgan fingerprint density at radius 3 is 2.81 bits per heavy atom. The van der Waals surface area contributed by atoms with Crippen molar-refractivity contribution in [2.75, 3.05) is 0 Å². The Balaban J connectivity index is 1.46. The molecule has 2 N–H and O–H groups in total. The molecule has 0 unspecified atom stereocenters. The van der Waals surface area contributed by atoms with Gasteiger partial charge in [-0.25, -0.2) is 15.3 Å². The lowest BCUT2D eigenvalue weighted by Crippen LogP contribution is -2.41. The fourth-order valence-electron chi connectivity index (χ4n) is 3.29. The van der Waals surface area contributed by atoms with E-state index < -0.39 is 11.3 Å². The maximum absolute atomic E-state index is 10.1. The Morgan fingerprint density at radius 2 is 2.04 bits per heavy atom. The monoisotopic (exact) mass is 353 g/mol. The Hall–Kier alpha value is -2.44. The van der Waals surface area contributed by atoms with Crippen molar-refractivity contribution in [3.8, 4) is 5.75 Å². The Bertz CT molecular complexity index is 795. The Kier molecular flexibility index (Phi) is 4.38. The lowest BCUT2D eigenvalue weighted by Gasteiger charge is -2.36. The van der Waals surface area contributed by atoms with Gasteiger partial charge in [0.25, 0.3) is 0 Å². The second kappa shape index (κ2) is 6.70. The van der Waals surface area contributed by atoms with Gasteiger partial charge in [-0.3, -0.25) is 4.98 Å². The lowest BCUT2D eigenvalue weighted by molar-refractivity contribution is -0.115. The number of hydroxylamine groups is 1. The van der Waals surface area contributed by atoms with Gasteiger partial charge < -0.3 is 9.84 Å². The summed E-state index contributed by atoms with van der Waals surface area (Å²) in [7, 11) is 0. The van der Waals surface area contributed by atoms with Crippen LogP contribution in [0.2, 0.25) is 0 Å². The fraction of sp³-hybridized carbons (Fsp3) is 0.400. The molecule has 1 saturated carbocycles. The van der Waals surface area contributed by atoms with E-state index in [0.717, 1.165) is 16.9 Å². The number of amidine groups is 1. The summed E-state index contributed by atoms with van der Waals surface area (Å²) in [5, 5.41) is 10.1. The zero-order valence-corrected chi connectivity index (χ0v) is 14.8. The van der Waals surface area contributed by atoms with Crippen LogP contribution >= 0.6 is 0 Å². The van der Waals surface area contributed by atoms with Crippen molar-refractivity contribution < 1.29 is 14.7 Å². The maximum Gasteiger partial charge on any atom is 0.187 e. The molecule has 0 bridgehead atoms. The maximum atomic E-state index is 10.1. The normalized spacial score (nSPS) is 27.8. The molecule has 1 aromatic carbocycles. The standard InChI is InChI=1S/C20H23N3O3/c1-19(24)7-9-20(10-8-19)22-18(23-26-20)16-5-2-6-17(12-16)25-14-15-4-3-11-21-13-15/h2-6,11-13,24H,7-10,14H2,1H3,(H,22,23). The smallest absolute Gasteiger partial charge is 0.187 e. The third-order valence-corrected chi connectivity index (χ3v) is 5.00. The highest BCUT2D eigenvalue weighted by Crippen LogP contribution is 2.39. The summed E-state index contributed by atoms with van der Waals surface area (Å²) in [5.41, 5.74) is 3.72. The predicted molar refractivity (Wildman–Crippen MR) is 97.6 cm³/mol. The van der Waals surface area contributed by atoms with Gasteiger partial charge in [0.2, 0.25) is 0 Å². The summed E-state index contributed by atoms with van der Waals surface area (Å²) < 4.78 is 5.86. The highest BCUT2D eigenvalue weighted by Gasteiger charge is 2.44. The van der Waals surface area contributed by atoms with Crippen LogP contribution in [-0.4, -0.2) is 27.3 Å². The summed E-state index contributed by atoms with van der Waals surface area (Å²) in [6.07, 6.45) is 6.30. The molecule has 0 radical (unpaired) electrons. The van der Waals surface area contributed by atoms with E-state index in [0.29, 0.717) is 38.1 Å². The van der Waals surface area contributed by atoms with Crippen molar-refractivity contribution in [2.45, 2.75) is 50.5 Å². The SMILES string of the molecule is CC1(O)CCC2(CC1)N=C(c1cccc(OCc3cccnc3)c1)NO2. The van der Waals surface area contributed by atoms with Crippen molar-refractivity contribution in [3.63, 3.8) is 0 Å². The summed E-state index contributed by atoms with van der Waals surface area (Å²) in [6, 6.07) is 11.7. The number of aromatic nitrogens is 1. The van der Waals surface area contributed by atoms with Gasteiger partial charge >= 0.3 is 0 Å². The van der Waals surface area contributed by atoms with Gasteiger partial charge in [0.1, 0.15) is 12.4 Å². The first-order valence-electron chi connectivity index (χ1n) is 8.92. The van der Waals surface area contributed by atoms with Gasteiger partial charge in [-0.05, 0) is 38.0 Å². The molecule has 2 heterocycles. The molecular formula is C20H23N3O3. The highest BCUT2D eigenvalue weighted by atomic mass is 16.7. The van der Waals surface area contributed by atoms with Crippen LogP contribution in [0, 0.1) is 0 Å². The van der Waals surface area contributed by atoms with Crippen molar-refractivity contribution >= 4 is 5.84 Å². The Morgan fingerprint density at radius 1 is 1.19 bits per heavy atom. The van der Waals surface area contributed by atoms with Crippen molar-refractivity contribution in [2.24, 2.45) is 4.99 Å². The quantitative estimate of drug-likeness (QED) is 0.884. The molecule has 1 spiro atoms. The minimum Gasteiger partial charge on any atom is -0.489 e. The molecule has 0 atom stereocenters. The average molecular weight is 353 g/mol. The first-order valence-corrected chi connectivity index (χ1v) is 8.92. The number of hydrogen-bond donors (Lipinski definition) is 2. The van der Waals surface area contributed by atoms with Gasteiger partial charge in [0.05, 0.1) is 5.60 Å². The average Bonchev–Trinajstić information content (AvgIpc) is 3.09. The summed E-state index contributed by atoms with van der Waals surface area (Å²) >= 11 is 0. The van der Waals surface area contributed by atoms with E-state index in [9.17, 15) is 5.11 Å². The first-order chi connectivity index (χ1) is 12.5. The van der Waals surface area contributed by atoms with Crippen molar-refractivity contribution in [1.29, 1.82) is 0 Å². The molecule has 2 aliphatic rings. The third kappa shape index (κ3) is 3.71. The molecule has 1 fully saturated rings. The van der Waals surface area contributed by atoms with Gasteiger partial charge in [-0.2, -0.15) is 0 Å². The molecule has 0 saturated heterocycles. The molecule has 2 aromatic rings. The third-order valence-electron chi connectivity index (χ3n) is 5.00. The summed E-state index contributed by atoms with van der Waals surface area (Å²) in [4.78, 5) is 14.7. The summed E-state index contributed by atoms with van der Waals surface area (Å²) in [6.45, 7) is 2.34. The molecule has 1 aliphatic carbocycles. The number of aliphatic hydroxyl groups is 1. The van der Waals surface area contributed by atoms with E-state index in [1.54, 1.807) is 12.4 Å². The lowest BCUT2D eigenvalue weighted by atomic mass is 9.81. The first kappa shape index (κ1) is 17.0. The number of benzene rings is 1. The number of ether oxygens (including phenoxy) is 1. The van der Waals surface area contributed by atoms with Gasteiger partial charge in [0.15, 0.2) is 11.6 Å². The number of nitrogens with zero attached hydrogens (tertiary/aromatic N) is 2. The summed E-state index contributed by atoms with van der Waals surface area (Å²) in [5.74, 6) is 1.47. The molecule has 6 nitrogen and oxygen atoms in total. The van der Waals surface area contributed by atoms with Crippen LogP contribution < -0.4 is 10.2 Å². The molecule has 1 aromatic heterocycles. The molecular weight excluding hydrogens is 330 g/mol. The largest absolute Gasteiger partial charge is 0.489 e. The van der Waals surface area contributed by atoms with Gasteiger partial charge in [0, 0.05) is 36.4 Å². The predicted octanol–water partition coefficient (Wildman–Crippen LogP) is 2.96. The number of aliphatic imine (C=N–C) groups is 1. The molecule has 136 valence electrons. The zero-order valence-electron chi connectivity index (χ0n) is 14.8. The zero-order chi connectivity index (χ0) is 18.0. The van der Waals surface area contributed by atoms with Crippen LogP contribution in [0.15, 0.2) is 53.8 Å². The molecule has 26 heavy (non-hydrogen) atoms. The minimum atomic E-state index is -0.618. The highest BCUT2D eigenvalue weighted by molar-refractivity contribution is 5.99. The minimum absolute atomic E-state index is 0.465. The van der Waals surface area contributed by atoms with Crippen LogP contribution in [-0.2, 0) is 11.4 Å². The van der Waals surface area contributed by atoms with Crippen LogP contribution in [0.25, 0.3) is 0 Å². The molecule has 4 rings (SSSR count). The molecule has 1 aliphatic heterocycles. The fourth-order valence-corrected chi connectivity index (χ4v) is 3.29. The number of rotatable bonds is 4. The van der Waals surface area contributed by atoms with Gasteiger partial charge in [-0.15, -0.1) is 0 Å². The van der Waals surface area contributed by atoms with Gasteiger partial charge in [-0.1, -0.05) is 18.2 Å². The van der Waals surface area contributed by atoms with Crippen LogP contribution in [0.3, 0.4) is 0 Å². The molecule has 6 heteroatoms. The van der Waals surface area contributed by atoms with Crippen LogP contribution in [0.1, 0.15) is 43.7 Å². The molecule has 0 amide bonds. The van der Waals surface area contributed by atoms with E-state index in [1.165, 1.54) is 0 Å².